The molecular formula is C25H21ClN2O2. The second-order valence-electron chi connectivity index (χ2n) is 7.16. The van der Waals surface area contributed by atoms with Crippen molar-refractivity contribution >= 4 is 35.0 Å². The highest BCUT2D eigenvalue weighted by Gasteiger charge is 2.28. The molecule has 0 saturated heterocycles. The minimum atomic E-state index is -0.158. The molecule has 0 unspecified atom stereocenters. The van der Waals surface area contributed by atoms with Gasteiger partial charge in [0.2, 0.25) is 0 Å². The van der Waals surface area contributed by atoms with E-state index in [4.69, 9.17) is 16.3 Å². The minimum Gasteiger partial charge on any atom is -0.487 e. The van der Waals surface area contributed by atoms with Crippen LogP contribution in [0.25, 0.3) is 6.08 Å². The lowest BCUT2D eigenvalue weighted by Gasteiger charge is -2.11. The molecule has 150 valence electrons. The highest BCUT2D eigenvalue weighted by Crippen LogP contribution is 2.29. The van der Waals surface area contributed by atoms with Crippen molar-refractivity contribution in [2.24, 2.45) is 5.10 Å². The Morgan fingerprint density at radius 2 is 1.73 bits per heavy atom. The summed E-state index contributed by atoms with van der Waals surface area (Å²) >= 11 is 6.42. The maximum absolute atomic E-state index is 12.8. The molecule has 3 aromatic carbocycles. The molecule has 4 rings (SSSR count). The van der Waals surface area contributed by atoms with Crippen LogP contribution >= 0.6 is 11.6 Å². The van der Waals surface area contributed by atoms with Crippen molar-refractivity contribution in [3.05, 3.63) is 100 Å². The van der Waals surface area contributed by atoms with Gasteiger partial charge in [0.25, 0.3) is 5.91 Å². The van der Waals surface area contributed by atoms with Crippen LogP contribution in [0.4, 0.5) is 5.69 Å². The van der Waals surface area contributed by atoms with Crippen molar-refractivity contribution in [1.29, 1.82) is 0 Å². The van der Waals surface area contributed by atoms with Gasteiger partial charge in [0.15, 0.2) is 0 Å². The lowest BCUT2D eigenvalue weighted by molar-refractivity contribution is -0.114. The Kier molecular flexibility index (Phi) is 5.68. The quantitative estimate of drug-likeness (QED) is 0.476. The number of carbonyl (C=O) groups is 1. The molecule has 0 aromatic heterocycles. The number of halogens is 1. The fourth-order valence-corrected chi connectivity index (χ4v) is 3.41. The first kappa shape index (κ1) is 19.9. The molecule has 0 N–H and O–H groups in total. The van der Waals surface area contributed by atoms with E-state index in [9.17, 15) is 4.79 Å². The summed E-state index contributed by atoms with van der Waals surface area (Å²) in [4.78, 5) is 12.8. The van der Waals surface area contributed by atoms with Crippen molar-refractivity contribution in [3.8, 4) is 5.75 Å². The molecule has 1 amide bonds. The van der Waals surface area contributed by atoms with E-state index in [-0.39, 0.29) is 5.91 Å². The predicted octanol–water partition coefficient (Wildman–Crippen LogP) is 6.03. The third-order valence-corrected chi connectivity index (χ3v) is 5.14. The van der Waals surface area contributed by atoms with E-state index in [0.717, 1.165) is 16.8 Å². The molecular weight excluding hydrogens is 396 g/mol. The summed E-state index contributed by atoms with van der Waals surface area (Å²) in [6.07, 6.45) is 1.81. The summed E-state index contributed by atoms with van der Waals surface area (Å²) in [5, 5.41) is 6.32. The number of para-hydroxylation sites is 1. The van der Waals surface area contributed by atoms with Crippen LogP contribution in [0.5, 0.6) is 5.75 Å². The van der Waals surface area contributed by atoms with Crippen molar-refractivity contribution in [2.75, 3.05) is 5.01 Å². The summed E-state index contributed by atoms with van der Waals surface area (Å²) in [6.45, 7) is 4.32. The molecule has 0 fully saturated rings. The lowest BCUT2D eigenvalue weighted by Crippen LogP contribution is -2.21. The van der Waals surface area contributed by atoms with Crippen molar-refractivity contribution in [1.82, 2.24) is 0 Å². The maximum atomic E-state index is 12.8. The lowest BCUT2D eigenvalue weighted by atomic mass is 10.1. The van der Waals surface area contributed by atoms with E-state index < -0.39 is 0 Å². The smallest absolute Gasteiger partial charge is 0.280 e. The summed E-state index contributed by atoms with van der Waals surface area (Å²) in [6, 6.07) is 23.1. The number of rotatable bonds is 5. The van der Waals surface area contributed by atoms with Crippen LogP contribution in [0.2, 0.25) is 5.02 Å². The minimum absolute atomic E-state index is 0.158. The molecule has 1 aliphatic rings. The Labute approximate surface area is 181 Å². The van der Waals surface area contributed by atoms with E-state index >= 15 is 0 Å². The van der Waals surface area contributed by atoms with Crippen molar-refractivity contribution in [3.63, 3.8) is 0 Å². The molecule has 5 heteroatoms. The van der Waals surface area contributed by atoms with Gasteiger partial charge in [-0.3, -0.25) is 4.79 Å². The third kappa shape index (κ3) is 4.29. The Balaban J connectivity index is 1.50. The molecule has 1 aliphatic heterocycles. The van der Waals surface area contributed by atoms with Gasteiger partial charge in [-0.15, -0.1) is 0 Å². The van der Waals surface area contributed by atoms with Crippen LogP contribution in [-0.4, -0.2) is 11.6 Å². The third-order valence-electron chi connectivity index (χ3n) is 4.85. The van der Waals surface area contributed by atoms with Gasteiger partial charge < -0.3 is 4.74 Å². The van der Waals surface area contributed by atoms with Gasteiger partial charge in [-0.1, -0.05) is 65.7 Å². The topological polar surface area (TPSA) is 41.9 Å². The number of hydrazone groups is 1. The number of aryl methyl sites for hydroxylation is 1. The van der Waals surface area contributed by atoms with Crippen LogP contribution in [0.15, 0.2) is 83.5 Å². The molecule has 30 heavy (non-hydrogen) atoms. The van der Waals surface area contributed by atoms with E-state index in [1.807, 2.05) is 61.5 Å². The summed E-state index contributed by atoms with van der Waals surface area (Å²) in [7, 11) is 0. The summed E-state index contributed by atoms with van der Waals surface area (Å²) in [5.74, 6) is 0.447. The van der Waals surface area contributed by atoms with Gasteiger partial charge >= 0.3 is 0 Å². The summed E-state index contributed by atoms with van der Waals surface area (Å²) < 4.78 is 5.85. The monoisotopic (exact) mass is 416 g/mol. The fourth-order valence-electron chi connectivity index (χ4n) is 3.16. The predicted molar refractivity (Wildman–Crippen MR) is 122 cm³/mol. The average molecular weight is 417 g/mol. The van der Waals surface area contributed by atoms with Gasteiger partial charge in [0, 0.05) is 0 Å². The highest BCUT2D eigenvalue weighted by molar-refractivity contribution is 6.33. The zero-order valence-corrected chi connectivity index (χ0v) is 17.6. The molecule has 0 aliphatic carbocycles. The van der Waals surface area contributed by atoms with E-state index in [0.29, 0.717) is 28.7 Å². The number of hydrogen-bond donors (Lipinski definition) is 0. The Morgan fingerprint density at radius 3 is 2.43 bits per heavy atom. The van der Waals surface area contributed by atoms with E-state index in [1.165, 1.54) is 10.6 Å². The van der Waals surface area contributed by atoms with E-state index in [2.05, 4.69) is 24.2 Å². The Bertz CT molecular complexity index is 1140. The van der Waals surface area contributed by atoms with Crippen LogP contribution in [-0.2, 0) is 11.4 Å². The van der Waals surface area contributed by atoms with Gasteiger partial charge in [0.05, 0.1) is 22.0 Å². The highest BCUT2D eigenvalue weighted by atomic mass is 35.5. The number of nitrogens with zero attached hydrogens (tertiary/aromatic N) is 2. The number of hydrogen-bond acceptors (Lipinski definition) is 3. The SMILES string of the molecule is CC1=NN(c2ccccc2)C(=O)C1=Cc1ccc(OCc2ccc(C)cc2)c(Cl)c1. The molecule has 0 atom stereocenters. The molecule has 0 radical (unpaired) electrons. The zero-order chi connectivity index (χ0) is 21.1. The van der Waals surface area contributed by atoms with Crippen LogP contribution in [0, 0.1) is 6.92 Å². The Hall–Kier alpha value is -3.37. The van der Waals surface area contributed by atoms with E-state index in [1.54, 1.807) is 12.1 Å². The molecule has 0 saturated carbocycles. The van der Waals surface area contributed by atoms with Crippen LogP contribution < -0.4 is 9.75 Å². The van der Waals surface area contributed by atoms with Crippen LogP contribution in [0.3, 0.4) is 0 Å². The van der Waals surface area contributed by atoms with Crippen LogP contribution in [0.1, 0.15) is 23.6 Å². The van der Waals surface area contributed by atoms with Crippen molar-refractivity contribution in [2.45, 2.75) is 20.5 Å². The molecule has 3 aromatic rings. The molecule has 0 spiro atoms. The van der Waals surface area contributed by atoms with Gasteiger partial charge in [-0.25, -0.2) is 0 Å². The normalized spacial score (nSPS) is 14.9. The summed E-state index contributed by atoms with van der Waals surface area (Å²) in [5.41, 5.74) is 5.05. The maximum Gasteiger partial charge on any atom is 0.280 e. The number of amides is 1. The molecule has 0 bridgehead atoms. The number of ether oxygens (including phenoxy) is 1. The van der Waals surface area contributed by atoms with Gasteiger partial charge in [-0.2, -0.15) is 10.1 Å². The fraction of sp³-hybridized carbons (Fsp3) is 0.120. The second kappa shape index (κ2) is 8.56. The van der Waals surface area contributed by atoms with Gasteiger partial charge in [-0.05, 0) is 55.3 Å². The number of carbonyl (C=O) groups excluding carboxylic acids is 1. The molecule has 4 nitrogen and oxygen atoms in total. The van der Waals surface area contributed by atoms with Gasteiger partial charge in [0.1, 0.15) is 12.4 Å². The number of anilines is 1. The standard InChI is InChI=1S/C25H21ClN2O2/c1-17-8-10-19(11-9-17)16-30-24-13-12-20(15-23(24)26)14-22-18(2)27-28(25(22)29)21-6-4-3-5-7-21/h3-15H,16H2,1-2H3. The second-order valence-corrected chi connectivity index (χ2v) is 7.57. The average Bonchev–Trinajstić information content (AvgIpc) is 3.03. The first-order valence-electron chi connectivity index (χ1n) is 9.66. The first-order chi connectivity index (χ1) is 14.5. The zero-order valence-electron chi connectivity index (χ0n) is 16.8. The van der Waals surface area contributed by atoms with Crippen molar-refractivity contribution < 1.29 is 9.53 Å². The largest absolute Gasteiger partial charge is 0.487 e. The molecule has 1 heterocycles. The first-order valence-corrected chi connectivity index (χ1v) is 10.0. The Morgan fingerprint density at radius 1 is 1.00 bits per heavy atom. The number of benzene rings is 3.